The smallest absolute Gasteiger partial charge is 0.303 e. The molecule has 0 aliphatic heterocycles. The number of benzene rings is 1. The van der Waals surface area contributed by atoms with Gasteiger partial charge in [0.15, 0.2) is 0 Å². The monoisotopic (exact) mass is 240 g/mol. The molecule has 1 rings (SSSR count). The SMILES string of the molecule is COc1cc(C=CCCC(=O)O)ccc1Cl. The molecule has 0 fully saturated rings. The molecule has 0 aromatic heterocycles. The van der Waals surface area contributed by atoms with Crippen LogP contribution in [0.4, 0.5) is 0 Å². The Labute approximate surface area is 99.3 Å². The maximum atomic E-state index is 10.3. The van der Waals surface area contributed by atoms with E-state index in [2.05, 4.69) is 0 Å². The Kier molecular flexibility index (Phi) is 4.86. The molecule has 0 saturated carbocycles. The Bertz CT molecular complexity index is 399. The van der Waals surface area contributed by atoms with Crippen LogP contribution in [0.5, 0.6) is 5.75 Å². The van der Waals surface area contributed by atoms with Crippen LogP contribution in [0.3, 0.4) is 0 Å². The highest BCUT2D eigenvalue weighted by atomic mass is 35.5. The van der Waals surface area contributed by atoms with Crippen molar-refractivity contribution >= 4 is 23.6 Å². The number of aliphatic carboxylic acids is 1. The minimum Gasteiger partial charge on any atom is -0.495 e. The molecule has 0 aliphatic carbocycles. The van der Waals surface area contributed by atoms with E-state index in [0.717, 1.165) is 5.56 Å². The van der Waals surface area contributed by atoms with E-state index in [1.54, 1.807) is 19.2 Å². The lowest BCUT2D eigenvalue weighted by Gasteiger charge is -2.03. The van der Waals surface area contributed by atoms with Gasteiger partial charge in [0.05, 0.1) is 12.1 Å². The Morgan fingerprint density at radius 1 is 1.56 bits per heavy atom. The molecule has 0 amide bonds. The summed E-state index contributed by atoms with van der Waals surface area (Å²) in [7, 11) is 1.55. The molecule has 86 valence electrons. The molecule has 4 heteroatoms. The van der Waals surface area contributed by atoms with Gasteiger partial charge < -0.3 is 9.84 Å². The van der Waals surface area contributed by atoms with Gasteiger partial charge in [0, 0.05) is 6.42 Å². The van der Waals surface area contributed by atoms with E-state index in [0.29, 0.717) is 17.2 Å². The van der Waals surface area contributed by atoms with Crippen LogP contribution in [-0.4, -0.2) is 18.2 Å². The molecule has 0 spiro atoms. The third-order valence-electron chi connectivity index (χ3n) is 2.01. The summed E-state index contributed by atoms with van der Waals surface area (Å²) in [5, 5.41) is 9.02. The van der Waals surface area contributed by atoms with E-state index < -0.39 is 5.97 Å². The third kappa shape index (κ3) is 3.95. The van der Waals surface area contributed by atoms with Gasteiger partial charge >= 0.3 is 5.97 Å². The summed E-state index contributed by atoms with van der Waals surface area (Å²) in [6.45, 7) is 0. The molecule has 0 bridgehead atoms. The second-order valence-corrected chi connectivity index (χ2v) is 3.64. The molecule has 0 saturated heterocycles. The zero-order valence-electron chi connectivity index (χ0n) is 8.94. The number of ether oxygens (including phenoxy) is 1. The van der Waals surface area contributed by atoms with Crippen LogP contribution >= 0.6 is 11.6 Å². The van der Waals surface area contributed by atoms with Crippen molar-refractivity contribution in [3.05, 3.63) is 34.9 Å². The lowest BCUT2D eigenvalue weighted by molar-refractivity contribution is -0.136. The standard InChI is InChI=1S/C12H13ClO3/c1-16-11-8-9(6-7-10(11)13)4-2-3-5-12(14)15/h2,4,6-8H,3,5H2,1H3,(H,14,15). The largest absolute Gasteiger partial charge is 0.495 e. The number of carbonyl (C=O) groups is 1. The highest BCUT2D eigenvalue weighted by molar-refractivity contribution is 6.32. The van der Waals surface area contributed by atoms with Crippen molar-refractivity contribution in [2.45, 2.75) is 12.8 Å². The summed E-state index contributed by atoms with van der Waals surface area (Å²) >= 11 is 5.87. The van der Waals surface area contributed by atoms with E-state index >= 15 is 0 Å². The second kappa shape index (κ2) is 6.18. The number of carboxylic acids is 1. The fourth-order valence-electron chi connectivity index (χ4n) is 1.21. The van der Waals surface area contributed by atoms with Crippen LogP contribution in [0, 0.1) is 0 Å². The van der Waals surface area contributed by atoms with Gasteiger partial charge in [0.1, 0.15) is 5.75 Å². The molecule has 3 nitrogen and oxygen atoms in total. The molecule has 0 heterocycles. The first-order chi connectivity index (χ1) is 7.63. The minimum absolute atomic E-state index is 0.140. The number of carboxylic acid groups (broad SMARTS) is 1. The van der Waals surface area contributed by atoms with Gasteiger partial charge in [-0.15, -0.1) is 0 Å². The van der Waals surface area contributed by atoms with Crippen LogP contribution in [-0.2, 0) is 4.79 Å². The van der Waals surface area contributed by atoms with E-state index in [4.69, 9.17) is 21.4 Å². The van der Waals surface area contributed by atoms with Gasteiger partial charge in [-0.1, -0.05) is 29.8 Å². The third-order valence-corrected chi connectivity index (χ3v) is 2.32. The first kappa shape index (κ1) is 12.6. The van der Waals surface area contributed by atoms with Crippen molar-refractivity contribution in [3.63, 3.8) is 0 Å². The number of rotatable bonds is 5. The zero-order chi connectivity index (χ0) is 12.0. The Morgan fingerprint density at radius 3 is 2.94 bits per heavy atom. The lowest BCUT2D eigenvalue weighted by atomic mass is 10.2. The number of methoxy groups -OCH3 is 1. The molecule has 0 atom stereocenters. The molecular weight excluding hydrogens is 228 g/mol. The normalized spacial score (nSPS) is 10.6. The van der Waals surface area contributed by atoms with Gasteiger partial charge in [-0.3, -0.25) is 4.79 Å². The maximum Gasteiger partial charge on any atom is 0.303 e. The molecular formula is C12H13ClO3. The number of hydrogen-bond acceptors (Lipinski definition) is 2. The van der Waals surface area contributed by atoms with E-state index in [1.807, 2.05) is 18.2 Å². The van der Waals surface area contributed by atoms with E-state index in [-0.39, 0.29) is 6.42 Å². The van der Waals surface area contributed by atoms with Crippen molar-refractivity contribution in [2.24, 2.45) is 0 Å². The predicted molar refractivity (Wildman–Crippen MR) is 63.9 cm³/mol. The topological polar surface area (TPSA) is 46.5 Å². The Morgan fingerprint density at radius 2 is 2.31 bits per heavy atom. The summed E-state index contributed by atoms with van der Waals surface area (Å²) < 4.78 is 5.07. The molecule has 16 heavy (non-hydrogen) atoms. The summed E-state index contributed by atoms with van der Waals surface area (Å²) in [5.41, 5.74) is 0.937. The zero-order valence-corrected chi connectivity index (χ0v) is 9.70. The summed E-state index contributed by atoms with van der Waals surface area (Å²) in [4.78, 5) is 10.3. The molecule has 0 aliphatic rings. The van der Waals surface area contributed by atoms with Crippen molar-refractivity contribution in [1.82, 2.24) is 0 Å². The van der Waals surface area contributed by atoms with Crippen LogP contribution in [0.2, 0.25) is 5.02 Å². The Balaban J connectivity index is 2.63. The second-order valence-electron chi connectivity index (χ2n) is 3.23. The fraction of sp³-hybridized carbons (Fsp3) is 0.250. The van der Waals surface area contributed by atoms with Crippen molar-refractivity contribution in [2.75, 3.05) is 7.11 Å². The van der Waals surface area contributed by atoms with Crippen LogP contribution in [0.1, 0.15) is 18.4 Å². The highest BCUT2D eigenvalue weighted by Gasteiger charge is 1.99. The highest BCUT2D eigenvalue weighted by Crippen LogP contribution is 2.25. The van der Waals surface area contributed by atoms with Gasteiger partial charge in [-0.05, 0) is 24.1 Å². The number of hydrogen-bond donors (Lipinski definition) is 1. The molecule has 1 aromatic rings. The molecule has 0 unspecified atom stereocenters. The van der Waals surface area contributed by atoms with Gasteiger partial charge in [-0.2, -0.15) is 0 Å². The molecule has 1 N–H and O–H groups in total. The predicted octanol–water partition coefficient (Wildman–Crippen LogP) is 3.23. The Hall–Kier alpha value is -1.48. The van der Waals surface area contributed by atoms with E-state index in [1.165, 1.54) is 0 Å². The summed E-state index contributed by atoms with van der Waals surface area (Å²) in [5.74, 6) is -0.180. The molecule has 1 aromatic carbocycles. The summed E-state index contributed by atoms with van der Waals surface area (Å²) in [6, 6.07) is 5.40. The van der Waals surface area contributed by atoms with Crippen molar-refractivity contribution in [1.29, 1.82) is 0 Å². The minimum atomic E-state index is -0.793. The molecule has 0 radical (unpaired) electrons. The van der Waals surface area contributed by atoms with Crippen molar-refractivity contribution in [3.8, 4) is 5.75 Å². The number of halogens is 1. The average Bonchev–Trinajstić information content (AvgIpc) is 2.26. The quantitative estimate of drug-likeness (QED) is 0.860. The van der Waals surface area contributed by atoms with E-state index in [9.17, 15) is 4.79 Å². The van der Waals surface area contributed by atoms with Gasteiger partial charge in [-0.25, -0.2) is 0 Å². The maximum absolute atomic E-state index is 10.3. The summed E-state index contributed by atoms with van der Waals surface area (Å²) in [6.07, 6.45) is 4.32. The first-order valence-electron chi connectivity index (χ1n) is 4.85. The van der Waals surface area contributed by atoms with Crippen LogP contribution < -0.4 is 4.74 Å². The number of allylic oxidation sites excluding steroid dienone is 1. The fourth-order valence-corrected chi connectivity index (χ4v) is 1.40. The van der Waals surface area contributed by atoms with Gasteiger partial charge in [0.25, 0.3) is 0 Å². The first-order valence-corrected chi connectivity index (χ1v) is 5.23. The average molecular weight is 241 g/mol. The van der Waals surface area contributed by atoms with Crippen LogP contribution in [0.25, 0.3) is 6.08 Å². The van der Waals surface area contributed by atoms with Gasteiger partial charge in [0.2, 0.25) is 0 Å². The van der Waals surface area contributed by atoms with Crippen molar-refractivity contribution < 1.29 is 14.6 Å². The van der Waals surface area contributed by atoms with Crippen LogP contribution in [0.15, 0.2) is 24.3 Å². The lowest BCUT2D eigenvalue weighted by Crippen LogP contribution is -1.91.